The Bertz CT molecular complexity index is 826. The molecule has 1 fully saturated rings. The number of hydrogen-bond donors (Lipinski definition) is 0. The molecular weight excluding hydrogens is 480 g/mol. The lowest BCUT2D eigenvalue weighted by molar-refractivity contribution is -0.298. The second kappa shape index (κ2) is 11.1. The summed E-state index contributed by atoms with van der Waals surface area (Å²) in [5.41, 5.74) is 0. The van der Waals surface area contributed by atoms with Crippen molar-refractivity contribution >= 4 is 39.8 Å². The van der Waals surface area contributed by atoms with Crippen molar-refractivity contribution in [1.29, 1.82) is 0 Å². The first kappa shape index (κ1) is 24.6. The van der Waals surface area contributed by atoms with Gasteiger partial charge < -0.3 is 28.4 Å². The minimum absolute atomic E-state index is 0.156. The summed E-state index contributed by atoms with van der Waals surface area (Å²) in [6.45, 7) is 4.41. The lowest BCUT2D eigenvalue weighted by atomic mass is 9.98. The molecule has 0 bridgehead atoms. The van der Waals surface area contributed by atoms with Gasteiger partial charge in [-0.05, 0) is 18.2 Å². The van der Waals surface area contributed by atoms with E-state index in [1.54, 1.807) is 18.2 Å². The lowest BCUT2D eigenvalue weighted by Gasteiger charge is -2.43. The lowest BCUT2D eigenvalue weighted by Crippen LogP contribution is -2.63. The molecular formula is C20H23BrO10. The van der Waals surface area contributed by atoms with E-state index in [-0.39, 0.29) is 6.61 Å². The third-order valence-electron chi connectivity index (χ3n) is 3.99. The van der Waals surface area contributed by atoms with Crippen molar-refractivity contribution in [2.24, 2.45) is 0 Å². The Morgan fingerprint density at radius 2 is 1.39 bits per heavy atom. The molecule has 0 spiro atoms. The van der Waals surface area contributed by atoms with Gasteiger partial charge >= 0.3 is 23.9 Å². The van der Waals surface area contributed by atoms with Crippen LogP contribution in [0.3, 0.4) is 0 Å². The minimum Gasteiger partial charge on any atom is -0.491 e. The number of ether oxygens (including phenoxy) is 6. The van der Waals surface area contributed by atoms with Crippen LogP contribution >= 0.6 is 15.9 Å². The van der Waals surface area contributed by atoms with Crippen LogP contribution < -0.4 is 4.74 Å². The zero-order valence-electron chi connectivity index (χ0n) is 17.4. The van der Waals surface area contributed by atoms with Crippen LogP contribution in [-0.4, -0.2) is 61.2 Å². The Balaban J connectivity index is 2.37. The van der Waals surface area contributed by atoms with Crippen LogP contribution in [0.2, 0.25) is 0 Å². The van der Waals surface area contributed by atoms with Crippen molar-refractivity contribution in [3.05, 3.63) is 28.7 Å². The predicted octanol–water partition coefficient (Wildman–Crippen LogP) is 1.91. The summed E-state index contributed by atoms with van der Waals surface area (Å²) in [4.78, 5) is 46.7. The Morgan fingerprint density at radius 3 is 1.94 bits per heavy atom. The largest absolute Gasteiger partial charge is 0.491 e. The minimum atomic E-state index is -1.42. The first-order chi connectivity index (χ1) is 14.6. The number of carbonyl (C=O) groups is 4. The number of esters is 4. The Kier molecular flexibility index (Phi) is 8.81. The standard InChI is InChI=1S/C20H23BrO10/c1-10(22)27-17-16(9-26-15-7-5-6-14(21)8-15)31-20(30-13(4)25)19(29-12(3)24)18(17)28-11(2)23/h5-8,16-20H,9H2,1-4H3/t16-,17-,18+,19-,20+/m0/s1. The molecule has 1 aromatic carbocycles. The molecule has 0 unspecified atom stereocenters. The maximum absolute atomic E-state index is 11.7. The number of hydrogen-bond acceptors (Lipinski definition) is 10. The zero-order valence-corrected chi connectivity index (χ0v) is 18.9. The average molecular weight is 503 g/mol. The van der Waals surface area contributed by atoms with E-state index < -0.39 is 54.6 Å². The van der Waals surface area contributed by atoms with E-state index in [1.165, 1.54) is 0 Å². The number of rotatable bonds is 7. The molecule has 0 radical (unpaired) electrons. The SMILES string of the molecule is CC(=O)O[C@@H]1O[C@@H](COc2cccc(Br)c2)[C@H](OC(C)=O)[C@@H](OC(C)=O)[C@@H]1OC(C)=O. The van der Waals surface area contributed by atoms with Gasteiger partial charge in [-0.3, -0.25) is 19.2 Å². The van der Waals surface area contributed by atoms with Crippen molar-refractivity contribution in [3.63, 3.8) is 0 Å². The summed E-state index contributed by atoms with van der Waals surface area (Å²) < 4.78 is 33.2. The maximum Gasteiger partial charge on any atom is 0.305 e. The smallest absolute Gasteiger partial charge is 0.305 e. The Hall–Kier alpha value is -2.66. The van der Waals surface area contributed by atoms with Gasteiger partial charge in [-0.25, -0.2) is 0 Å². The summed E-state index contributed by atoms with van der Waals surface area (Å²) in [6.07, 6.45) is -6.32. The second-order valence-corrected chi connectivity index (χ2v) is 7.56. The molecule has 5 atom stereocenters. The molecule has 0 amide bonds. The van der Waals surface area contributed by atoms with Crippen LogP contribution in [0.25, 0.3) is 0 Å². The quantitative estimate of drug-likeness (QED) is 0.403. The van der Waals surface area contributed by atoms with E-state index >= 15 is 0 Å². The molecule has 11 heteroatoms. The molecule has 0 aliphatic carbocycles. The van der Waals surface area contributed by atoms with Crippen molar-refractivity contribution in [1.82, 2.24) is 0 Å². The van der Waals surface area contributed by atoms with Crippen LogP contribution in [0.1, 0.15) is 27.7 Å². The highest BCUT2D eigenvalue weighted by atomic mass is 79.9. The Morgan fingerprint density at radius 1 is 0.839 bits per heavy atom. The molecule has 10 nitrogen and oxygen atoms in total. The maximum atomic E-state index is 11.7. The van der Waals surface area contributed by atoms with Crippen LogP contribution in [-0.2, 0) is 42.9 Å². The highest BCUT2D eigenvalue weighted by Crippen LogP contribution is 2.30. The molecule has 1 saturated heterocycles. The highest BCUT2D eigenvalue weighted by Gasteiger charge is 2.53. The summed E-state index contributed by atoms with van der Waals surface area (Å²) in [7, 11) is 0. The number of benzene rings is 1. The van der Waals surface area contributed by atoms with Crippen molar-refractivity contribution < 1.29 is 47.6 Å². The van der Waals surface area contributed by atoms with Gasteiger partial charge in [0.25, 0.3) is 0 Å². The van der Waals surface area contributed by atoms with E-state index in [9.17, 15) is 19.2 Å². The van der Waals surface area contributed by atoms with Crippen molar-refractivity contribution in [2.75, 3.05) is 6.61 Å². The van der Waals surface area contributed by atoms with Crippen LogP contribution in [0, 0.1) is 0 Å². The molecule has 1 heterocycles. The molecule has 2 rings (SSSR count). The molecule has 1 aromatic rings. The second-order valence-electron chi connectivity index (χ2n) is 6.64. The van der Waals surface area contributed by atoms with Gasteiger partial charge in [0.05, 0.1) is 0 Å². The molecule has 1 aliphatic heterocycles. The van der Waals surface area contributed by atoms with Gasteiger partial charge in [0.2, 0.25) is 12.4 Å². The molecule has 170 valence electrons. The van der Waals surface area contributed by atoms with Crippen molar-refractivity contribution in [3.8, 4) is 5.75 Å². The fraction of sp³-hybridized carbons (Fsp3) is 0.500. The van der Waals surface area contributed by atoms with Crippen LogP contribution in [0.15, 0.2) is 28.7 Å². The first-order valence-electron chi connectivity index (χ1n) is 9.29. The summed E-state index contributed by atoms with van der Waals surface area (Å²) in [6, 6.07) is 6.97. The summed E-state index contributed by atoms with van der Waals surface area (Å²) in [5.74, 6) is -2.40. The summed E-state index contributed by atoms with van der Waals surface area (Å²) >= 11 is 3.33. The highest BCUT2D eigenvalue weighted by molar-refractivity contribution is 9.10. The fourth-order valence-electron chi connectivity index (χ4n) is 2.98. The normalized spacial score (nSPS) is 25.1. The molecule has 0 N–H and O–H groups in total. The molecule has 0 aromatic heterocycles. The molecule has 1 aliphatic rings. The van der Waals surface area contributed by atoms with Gasteiger partial charge in [0.1, 0.15) is 18.5 Å². The fourth-order valence-corrected chi connectivity index (χ4v) is 3.36. The van der Waals surface area contributed by atoms with Gasteiger partial charge in [0.15, 0.2) is 12.2 Å². The van der Waals surface area contributed by atoms with Gasteiger partial charge in [-0.2, -0.15) is 0 Å². The third-order valence-corrected chi connectivity index (χ3v) is 4.48. The molecule has 31 heavy (non-hydrogen) atoms. The van der Waals surface area contributed by atoms with Gasteiger partial charge in [-0.1, -0.05) is 22.0 Å². The van der Waals surface area contributed by atoms with Crippen molar-refractivity contribution in [2.45, 2.75) is 58.4 Å². The monoisotopic (exact) mass is 502 g/mol. The molecule has 0 saturated carbocycles. The van der Waals surface area contributed by atoms with Gasteiger partial charge in [-0.15, -0.1) is 0 Å². The van der Waals surface area contributed by atoms with E-state index in [4.69, 9.17) is 28.4 Å². The van der Waals surface area contributed by atoms with Crippen LogP contribution in [0.5, 0.6) is 5.75 Å². The number of halogens is 1. The summed E-state index contributed by atoms with van der Waals surface area (Å²) in [5, 5.41) is 0. The average Bonchev–Trinajstić information content (AvgIpc) is 2.63. The topological polar surface area (TPSA) is 124 Å². The van der Waals surface area contributed by atoms with E-state index in [2.05, 4.69) is 15.9 Å². The van der Waals surface area contributed by atoms with Crippen LogP contribution in [0.4, 0.5) is 0 Å². The zero-order chi connectivity index (χ0) is 23.1. The van der Waals surface area contributed by atoms with E-state index in [0.717, 1.165) is 32.2 Å². The predicted molar refractivity (Wildman–Crippen MR) is 107 cm³/mol. The van der Waals surface area contributed by atoms with Gasteiger partial charge in [0, 0.05) is 32.2 Å². The third kappa shape index (κ3) is 7.51. The van der Waals surface area contributed by atoms with E-state index in [0.29, 0.717) is 5.75 Å². The number of carbonyl (C=O) groups excluding carboxylic acids is 4. The Labute approximate surface area is 187 Å². The first-order valence-corrected chi connectivity index (χ1v) is 10.1. The van der Waals surface area contributed by atoms with E-state index in [1.807, 2.05) is 6.07 Å².